The van der Waals surface area contributed by atoms with Crippen LogP contribution < -0.4 is 10.1 Å². The topological polar surface area (TPSA) is 21.3 Å². The van der Waals surface area contributed by atoms with Crippen LogP contribution in [-0.4, -0.2) is 6.61 Å². The molecule has 112 valence electrons. The van der Waals surface area contributed by atoms with Gasteiger partial charge < -0.3 is 10.1 Å². The Morgan fingerprint density at radius 3 is 2.48 bits per heavy atom. The van der Waals surface area contributed by atoms with Crippen LogP contribution >= 0.6 is 0 Å². The van der Waals surface area contributed by atoms with E-state index in [-0.39, 0.29) is 0 Å². The molecule has 2 aromatic rings. The van der Waals surface area contributed by atoms with Gasteiger partial charge in [0.2, 0.25) is 0 Å². The lowest BCUT2D eigenvalue weighted by Crippen LogP contribution is -2.02. The maximum absolute atomic E-state index is 5.73. The van der Waals surface area contributed by atoms with Crippen LogP contribution in [0, 0.1) is 12.8 Å². The standard InChI is InChI=1S/C19H25NO/c1-15(2)11-12-21-19-9-7-17(8-10-19)14-20-18-6-4-5-16(3)13-18/h4-10,13,15,20H,11-12,14H2,1-3H3. The van der Waals surface area contributed by atoms with Gasteiger partial charge in [0, 0.05) is 12.2 Å². The Morgan fingerprint density at radius 2 is 1.81 bits per heavy atom. The summed E-state index contributed by atoms with van der Waals surface area (Å²) >= 11 is 0. The zero-order valence-corrected chi connectivity index (χ0v) is 13.2. The highest BCUT2D eigenvalue weighted by atomic mass is 16.5. The van der Waals surface area contributed by atoms with Crippen molar-refractivity contribution in [1.82, 2.24) is 0 Å². The van der Waals surface area contributed by atoms with Crippen LogP contribution in [0.15, 0.2) is 48.5 Å². The van der Waals surface area contributed by atoms with E-state index in [1.54, 1.807) is 0 Å². The normalized spacial score (nSPS) is 10.7. The van der Waals surface area contributed by atoms with Gasteiger partial charge in [-0.25, -0.2) is 0 Å². The molecule has 0 spiro atoms. The second-order valence-electron chi connectivity index (χ2n) is 5.90. The van der Waals surface area contributed by atoms with Crippen LogP contribution in [0.3, 0.4) is 0 Å². The van der Waals surface area contributed by atoms with Crippen molar-refractivity contribution in [3.63, 3.8) is 0 Å². The molecular formula is C19H25NO. The van der Waals surface area contributed by atoms with Crippen molar-refractivity contribution in [3.05, 3.63) is 59.7 Å². The van der Waals surface area contributed by atoms with Gasteiger partial charge in [0.25, 0.3) is 0 Å². The van der Waals surface area contributed by atoms with Crippen molar-refractivity contribution in [2.24, 2.45) is 5.92 Å². The van der Waals surface area contributed by atoms with Gasteiger partial charge in [0.05, 0.1) is 6.61 Å². The molecule has 1 N–H and O–H groups in total. The monoisotopic (exact) mass is 283 g/mol. The first-order valence-corrected chi connectivity index (χ1v) is 7.66. The largest absolute Gasteiger partial charge is 0.494 e. The molecule has 2 rings (SSSR count). The predicted molar refractivity (Wildman–Crippen MR) is 89.9 cm³/mol. The van der Waals surface area contributed by atoms with Gasteiger partial charge in [-0.3, -0.25) is 0 Å². The average Bonchev–Trinajstić information content (AvgIpc) is 2.46. The maximum atomic E-state index is 5.73. The van der Waals surface area contributed by atoms with Crippen LogP contribution in [0.4, 0.5) is 5.69 Å². The first-order chi connectivity index (χ1) is 10.1. The third-order valence-electron chi connectivity index (χ3n) is 3.40. The Kier molecular flexibility index (Phi) is 5.68. The summed E-state index contributed by atoms with van der Waals surface area (Å²) < 4.78 is 5.73. The summed E-state index contributed by atoms with van der Waals surface area (Å²) in [4.78, 5) is 0. The van der Waals surface area contributed by atoms with E-state index in [4.69, 9.17) is 4.74 Å². The van der Waals surface area contributed by atoms with Crippen LogP contribution in [0.25, 0.3) is 0 Å². The van der Waals surface area contributed by atoms with Gasteiger partial charge in [-0.05, 0) is 54.7 Å². The van der Waals surface area contributed by atoms with Gasteiger partial charge in [-0.2, -0.15) is 0 Å². The first kappa shape index (κ1) is 15.4. The van der Waals surface area contributed by atoms with Crippen LogP contribution in [0.5, 0.6) is 5.75 Å². The van der Waals surface area contributed by atoms with Gasteiger partial charge in [0.15, 0.2) is 0 Å². The summed E-state index contributed by atoms with van der Waals surface area (Å²) in [6.07, 6.45) is 1.09. The molecule has 0 amide bonds. The van der Waals surface area contributed by atoms with E-state index in [1.807, 2.05) is 12.1 Å². The molecular weight excluding hydrogens is 258 g/mol. The molecule has 0 aliphatic heterocycles. The van der Waals surface area contributed by atoms with Crippen molar-refractivity contribution in [2.45, 2.75) is 33.7 Å². The SMILES string of the molecule is Cc1cccc(NCc2ccc(OCCC(C)C)cc2)c1. The molecule has 0 fully saturated rings. The van der Waals surface area contributed by atoms with E-state index >= 15 is 0 Å². The minimum atomic E-state index is 0.683. The molecule has 0 bridgehead atoms. The molecule has 0 aliphatic rings. The summed E-state index contributed by atoms with van der Waals surface area (Å²) in [6, 6.07) is 16.8. The predicted octanol–water partition coefficient (Wildman–Crippen LogP) is 5.03. The van der Waals surface area contributed by atoms with Gasteiger partial charge in [0.1, 0.15) is 5.75 Å². The van der Waals surface area contributed by atoms with E-state index in [0.29, 0.717) is 5.92 Å². The van der Waals surface area contributed by atoms with Crippen LogP contribution in [-0.2, 0) is 6.54 Å². The van der Waals surface area contributed by atoms with Gasteiger partial charge in [-0.1, -0.05) is 38.1 Å². The average molecular weight is 283 g/mol. The number of nitrogens with one attached hydrogen (secondary N) is 1. The van der Waals surface area contributed by atoms with Crippen molar-refractivity contribution in [3.8, 4) is 5.75 Å². The minimum absolute atomic E-state index is 0.683. The van der Waals surface area contributed by atoms with E-state index in [0.717, 1.165) is 31.0 Å². The Bertz CT molecular complexity index is 546. The molecule has 2 heteroatoms. The van der Waals surface area contributed by atoms with Gasteiger partial charge in [-0.15, -0.1) is 0 Å². The molecule has 21 heavy (non-hydrogen) atoms. The van der Waals surface area contributed by atoms with Crippen molar-refractivity contribution in [2.75, 3.05) is 11.9 Å². The molecule has 0 saturated carbocycles. The van der Waals surface area contributed by atoms with E-state index < -0.39 is 0 Å². The maximum Gasteiger partial charge on any atom is 0.119 e. The summed E-state index contributed by atoms with van der Waals surface area (Å²) in [5, 5.41) is 3.44. The fourth-order valence-corrected chi connectivity index (χ4v) is 2.08. The number of benzene rings is 2. The molecule has 0 radical (unpaired) electrons. The van der Waals surface area contributed by atoms with Gasteiger partial charge >= 0.3 is 0 Å². The molecule has 0 saturated heterocycles. The highest BCUT2D eigenvalue weighted by Gasteiger charge is 1.98. The summed E-state index contributed by atoms with van der Waals surface area (Å²) in [7, 11) is 0. The lowest BCUT2D eigenvalue weighted by Gasteiger charge is -2.10. The van der Waals surface area contributed by atoms with E-state index in [1.165, 1.54) is 11.1 Å². The molecule has 2 nitrogen and oxygen atoms in total. The number of hydrogen-bond acceptors (Lipinski definition) is 2. The second-order valence-corrected chi connectivity index (χ2v) is 5.90. The van der Waals surface area contributed by atoms with Crippen LogP contribution in [0.2, 0.25) is 0 Å². The summed E-state index contributed by atoms with van der Waals surface area (Å²) in [5.41, 5.74) is 3.69. The van der Waals surface area contributed by atoms with Crippen molar-refractivity contribution >= 4 is 5.69 Å². The number of aryl methyl sites for hydroxylation is 1. The highest BCUT2D eigenvalue weighted by Crippen LogP contribution is 2.15. The number of hydrogen-bond donors (Lipinski definition) is 1. The number of rotatable bonds is 7. The van der Waals surface area contributed by atoms with Crippen molar-refractivity contribution < 1.29 is 4.74 Å². The first-order valence-electron chi connectivity index (χ1n) is 7.66. The minimum Gasteiger partial charge on any atom is -0.494 e. The second kappa shape index (κ2) is 7.72. The Hall–Kier alpha value is -1.96. The third kappa shape index (κ3) is 5.50. The zero-order chi connectivity index (χ0) is 15.1. The van der Waals surface area contributed by atoms with E-state index in [9.17, 15) is 0 Å². The molecule has 2 aromatic carbocycles. The highest BCUT2D eigenvalue weighted by molar-refractivity contribution is 5.46. The molecule has 0 heterocycles. The lowest BCUT2D eigenvalue weighted by molar-refractivity contribution is 0.289. The summed E-state index contributed by atoms with van der Waals surface area (Å²) in [6.45, 7) is 8.15. The van der Waals surface area contributed by atoms with Crippen molar-refractivity contribution in [1.29, 1.82) is 0 Å². The molecule has 0 unspecified atom stereocenters. The smallest absolute Gasteiger partial charge is 0.119 e. The Morgan fingerprint density at radius 1 is 1.05 bits per heavy atom. The van der Waals surface area contributed by atoms with E-state index in [2.05, 4.69) is 62.5 Å². The fourth-order valence-electron chi connectivity index (χ4n) is 2.08. The summed E-state index contributed by atoms with van der Waals surface area (Å²) in [5.74, 6) is 1.64. The van der Waals surface area contributed by atoms with Crippen LogP contribution in [0.1, 0.15) is 31.4 Å². The quantitative estimate of drug-likeness (QED) is 0.769. The molecule has 0 aromatic heterocycles. The Labute approximate surface area is 128 Å². The number of anilines is 1. The third-order valence-corrected chi connectivity index (χ3v) is 3.40. The molecule has 0 aliphatic carbocycles. The fraction of sp³-hybridized carbons (Fsp3) is 0.368. The molecule has 0 atom stereocenters. The number of ether oxygens (including phenoxy) is 1. The Balaban J connectivity index is 1.82. The zero-order valence-electron chi connectivity index (χ0n) is 13.2. The lowest BCUT2D eigenvalue weighted by atomic mass is 10.1.